The fourth-order valence-corrected chi connectivity index (χ4v) is 2.91. The van der Waals surface area contributed by atoms with Gasteiger partial charge in [-0.3, -0.25) is 4.68 Å². The van der Waals surface area contributed by atoms with Crippen LogP contribution in [0, 0.1) is 13.8 Å². The number of carbonyl (C=O) groups excluding carboxylic acids is 1. The fraction of sp³-hybridized carbons (Fsp3) is 0.353. The fourth-order valence-electron chi connectivity index (χ4n) is 2.91. The summed E-state index contributed by atoms with van der Waals surface area (Å²) in [6.07, 6.45) is 0. The first-order valence-corrected chi connectivity index (χ1v) is 8.25. The van der Waals surface area contributed by atoms with Gasteiger partial charge >= 0.3 is 11.7 Å². The van der Waals surface area contributed by atoms with Gasteiger partial charge in [-0.15, -0.1) is 0 Å². The van der Waals surface area contributed by atoms with Gasteiger partial charge in [0.1, 0.15) is 5.75 Å². The number of hydrogen-bond donors (Lipinski definition) is 4. The first-order chi connectivity index (χ1) is 12.4. The molecule has 0 saturated heterocycles. The second-order valence-electron chi connectivity index (χ2n) is 6.23. The van der Waals surface area contributed by atoms with Crippen LogP contribution < -0.4 is 21.1 Å². The molecule has 4 N–H and O–H groups in total. The van der Waals surface area contributed by atoms with Gasteiger partial charge in [-0.2, -0.15) is 5.10 Å². The monoisotopic (exact) mass is 358 g/mol. The van der Waals surface area contributed by atoms with Crippen molar-refractivity contribution in [3.8, 4) is 5.75 Å². The molecule has 0 bridgehead atoms. The van der Waals surface area contributed by atoms with Crippen LogP contribution in [0.25, 0.3) is 11.0 Å². The van der Waals surface area contributed by atoms with E-state index in [1.807, 2.05) is 31.5 Å². The van der Waals surface area contributed by atoms with Crippen molar-refractivity contribution in [3.63, 3.8) is 0 Å². The van der Waals surface area contributed by atoms with Gasteiger partial charge in [-0.05, 0) is 32.9 Å². The van der Waals surface area contributed by atoms with Gasteiger partial charge in [0, 0.05) is 18.3 Å². The van der Waals surface area contributed by atoms with Crippen molar-refractivity contribution in [1.82, 2.24) is 25.1 Å². The molecule has 9 nitrogen and oxygen atoms in total. The number of aryl methyl sites for hydroxylation is 2. The first kappa shape index (κ1) is 17.6. The number of carbonyl (C=O) groups is 1. The number of nitrogens with zero attached hydrogens (tertiary/aromatic N) is 2. The maximum atomic E-state index is 12.3. The van der Waals surface area contributed by atoms with E-state index in [1.54, 1.807) is 12.1 Å². The van der Waals surface area contributed by atoms with Crippen molar-refractivity contribution in [3.05, 3.63) is 40.1 Å². The zero-order valence-electron chi connectivity index (χ0n) is 15.1. The van der Waals surface area contributed by atoms with Gasteiger partial charge < -0.3 is 25.3 Å². The summed E-state index contributed by atoms with van der Waals surface area (Å²) in [5.74, 6) is 0.453. The van der Waals surface area contributed by atoms with Gasteiger partial charge in [-0.1, -0.05) is 0 Å². The highest BCUT2D eigenvalue weighted by molar-refractivity contribution is 5.94. The molecule has 0 radical (unpaired) electrons. The molecule has 3 aromatic rings. The average molecular weight is 358 g/mol. The summed E-state index contributed by atoms with van der Waals surface area (Å²) in [7, 11) is 1.50. The summed E-state index contributed by atoms with van der Waals surface area (Å²) in [6, 6.07) is 4.94. The summed E-state index contributed by atoms with van der Waals surface area (Å²) in [5, 5.41) is 10.00. The van der Waals surface area contributed by atoms with E-state index < -0.39 is 0 Å². The molecule has 0 spiro atoms. The van der Waals surface area contributed by atoms with Crippen molar-refractivity contribution in [2.75, 3.05) is 19.0 Å². The molecule has 0 aliphatic carbocycles. The van der Waals surface area contributed by atoms with Crippen LogP contribution in [-0.2, 0) is 0 Å². The van der Waals surface area contributed by atoms with Crippen molar-refractivity contribution < 1.29 is 9.53 Å². The Bertz CT molecular complexity index is 1000. The zero-order chi connectivity index (χ0) is 18.8. The van der Waals surface area contributed by atoms with Crippen LogP contribution >= 0.6 is 0 Å². The predicted molar refractivity (Wildman–Crippen MR) is 98.9 cm³/mol. The van der Waals surface area contributed by atoms with Crippen LogP contribution in [0.4, 0.5) is 10.5 Å². The van der Waals surface area contributed by atoms with Gasteiger partial charge in [0.2, 0.25) is 0 Å². The molecule has 0 aliphatic rings. The number of aromatic amines is 2. The van der Waals surface area contributed by atoms with Gasteiger partial charge in [0.15, 0.2) is 0 Å². The molecule has 0 saturated carbocycles. The maximum absolute atomic E-state index is 12.3. The number of H-pyrrole nitrogens is 2. The zero-order valence-corrected chi connectivity index (χ0v) is 15.1. The van der Waals surface area contributed by atoms with Crippen molar-refractivity contribution in [2.24, 2.45) is 0 Å². The van der Waals surface area contributed by atoms with E-state index in [1.165, 1.54) is 7.11 Å². The topological polar surface area (TPSA) is 117 Å². The van der Waals surface area contributed by atoms with E-state index in [2.05, 4.69) is 25.7 Å². The Labute approximate surface area is 149 Å². The number of urea groups is 1. The van der Waals surface area contributed by atoms with Gasteiger partial charge in [-0.25, -0.2) is 9.59 Å². The van der Waals surface area contributed by atoms with E-state index in [9.17, 15) is 9.59 Å². The molecule has 138 valence electrons. The smallest absolute Gasteiger partial charge is 0.323 e. The minimum atomic E-state index is -0.367. The standard InChI is InChI=1S/C17H22N6O3/c1-9-5-10(2)23(22-9)11(3)8-18-16(24)21-14-6-12-13(7-15(14)26-4)20-17(25)19-12/h5-7,11H,8H2,1-4H3,(H2,18,21,24)(H2,19,20,25)/t11-/m0/s1. The number of methoxy groups -OCH3 is 1. The number of benzene rings is 1. The third-order valence-electron chi connectivity index (χ3n) is 4.10. The minimum absolute atomic E-state index is 0.0138. The summed E-state index contributed by atoms with van der Waals surface area (Å²) in [5.41, 5.74) is 3.32. The molecule has 0 fully saturated rings. The van der Waals surface area contributed by atoms with Crippen LogP contribution in [0.5, 0.6) is 5.75 Å². The van der Waals surface area contributed by atoms with E-state index in [0.717, 1.165) is 11.4 Å². The number of rotatable bonds is 5. The highest BCUT2D eigenvalue weighted by Gasteiger charge is 2.13. The number of hydrogen-bond acceptors (Lipinski definition) is 4. The summed E-state index contributed by atoms with van der Waals surface area (Å²) in [6.45, 7) is 6.31. The van der Waals surface area contributed by atoms with Crippen LogP contribution in [-0.4, -0.2) is 39.4 Å². The molecule has 2 heterocycles. The quantitative estimate of drug-likeness (QED) is 0.558. The van der Waals surface area contributed by atoms with E-state index in [4.69, 9.17) is 4.74 Å². The lowest BCUT2D eigenvalue weighted by atomic mass is 10.2. The largest absolute Gasteiger partial charge is 0.494 e. The Morgan fingerprint density at radius 1 is 1.27 bits per heavy atom. The number of ether oxygens (including phenoxy) is 1. The van der Waals surface area contributed by atoms with E-state index in [0.29, 0.717) is 29.0 Å². The van der Waals surface area contributed by atoms with Crippen molar-refractivity contribution >= 4 is 22.8 Å². The SMILES string of the molecule is COc1cc2[nH]c(=O)[nH]c2cc1NC(=O)NC[C@H](C)n1nc(C)cc1C. The number of imidazole rings is 1. The molecular formula is C17H22N6O3. The molecule has 3 rings (SSSR count). The second kappa shape index (κ2) is 6.95. The van der Waals surface area contributed by atoms with Crippen LogP contribution in [0.1, 0.15) is 24.4 Å². The summed E-state index contributed by atoms with van der Waals surface area (Å²) in [4.78, 5) is 29.0. The number of fused-ring (bicyclic) bond motifs is 1. The molecule has 0 aliphatic heterocycles. The number of aromatic nitrogens is 4. The molecule has 2 aromatic heterocycles. The van der Waals surface area contributed by atoms with Gasteiger partial charge in [0.05, 0.1) is 35.6 Å². The van der Waals surface area contributed by atoms with Crippen LogP contribution in [0.3, 0.4) is 0 Å². The highest BCUT2D eigenvalue weighted by atomic mass is 16.5. The minimum Gasteiger partial charge on any atom is -0.494 e. The Hall–Kier alpha value is -3.23. The van der Waals surface area contributed by atoms with E-state index in [-0.39, 0.29) is 17.8 Å². The molecule has 9 heteroatoms. The third kappa shape index (κ3) is 3.56. The molecule has 1 aromatic carbocycles. The molecular weight excluding hydrogens is 336 g/mol. The Morgan fingerprint density at radius 3 is 2.58 bits per heavy atom. The van der Waals surface area contributed by atoms with Crippen molar-refractivity contribution in [2.45, 2.75) is 26.8 Å². The lowest BCUT2D eigenvalue weighted by molar-refractivity contribution is 0.250. The van der Waals surface area contributed by atoms with Crippen molar-refractivity contribution in [1.29, 1.82) is 0 Å². The summed E-state index contributed by atoms with van der Waals surface area (Å²) < 4.78 is 7.17. The lowest BCUT2D eigenvalue weighted by Crippen LogP contribution is -2.33. The molecule has 2 amide bonds. The average Bonchev–Trinajstić information content (AvgIpc) is 3.11. The molecule has 1 atom stereocenters. The number of amides is 2. The first-order valence-electron chi connectivity index (χ1n) is 8.25. The molecule has 0 unspecified atom stereocenters. The Kier molecular flexibility index (Phi) is 4.70. The second-order valence-corrected chi connectivity index (χ2v) is 6.23. The maximum Gasteiger partial charge on any atom is 0.323 e. The summed E-state index contributed by atoms with van der Waals surface area (Å²) >= 11 is 0. The third-order valence-corrected chi connectivity index (χ3v) is 4.10. The van der Waals surface area contributed by atoms with E-state index >= 15 is 0 Å². The van der Waals surface area contributed by atoms with Crippen LogP contribution in [0.2, 0.25) is 0 Å². The van der Waals surface area contributed by atoms with Gasteiger partial charge in [0.25, 0.3) is 0 Å². The predicted octanol–water partition coefficient (Wildman–Crippen LogP) is 2.06. The normalized spacial score (nSPS) is 12.2. The Morgan fingerprint density at radius 2 is 1.96 bits per heavy atom. The Balaban J connectivity index is 1.68. The van der Waals surface area contributed by atoms with Crippen LogP contribution in [0.15, 0.2) is 23.0 Å². The highest BCUT2D eigenvalue weighted by Crippen LogP contribution is 2.28. The lowest BCUT2D eigenvalue weighted by Gasteiger charge is -2.16. The number of nitrogens with one attached hydrogen (secondary N) is 4. The molecule has 26 heavy (non-hydrogen) atoms. The number of anilines is 1.